The fraction of sp³-hybridized carbons (Fsp3) is 0.478. The van der Waals surface area contributed by atoms with Crippen LogP contribution in [-0.4, -0.2) is 24.9 Å². The average molecular weight is 371 g/mol. The Morgan fingerprint density at radius 2 is 1.48 bits per heavy atom. The first-order valence-corrected chi connectivity index (χ1v) is 9.86. The fourth-order valence-corrected chi connectivity index (χ4v) is 4.45. The van der Waals surface area contributed by atoms with Crippen LogP contribution >= 0.6 is 0 Å². The minimum absolute atomic E-state index is 0.167. The lowest BCUT2D eigenvalue weighted by molar-refractivity contribution is -0.756. The van der Waals surface area contributed by atoms with Gasteiger partial charge in [-0.05, 0) is 55.0 Å². The van der Waals surface area contributed by atoms with E-state index in [2.05, 4.69) is 43.4 Å². The summed E-state index contributed by atoms with van der Waals surface area (Å²) in [6.07, 6.45) is 2.56. The van der Waals surface area contributed by atoms with Gasteiger partial charge in [-0.2, -0.15) is 0 Å². The molecule has 0 unspecified atom stereocenters. The average Bonchev–Trinajstić information content (AvgIpc) is 2.70. The molecule has 0 amide bonds. The molecule has 1 fully saturated rings. The van der Waals surface area contributed by atoms with Crippen molar-refractivity contribution in [2.24, 2.45) is 5.92 Å². The van der Waals surface area contributed by atoms with E-state index in [0.717, 1.165) is 30.8 Å². The van der Waals surface area contributed by atoms with Crippen LogP contribution in [0.3, 0.4) is 0 Å². The molecular formula is C23H32NO3+. The number of methoxy groups -OCH3 is 2. The summed E-state index contributed by atoms with van der Waals surface area (Å²) >= 11 is 0. The SMILES string of the molecule is CCC[C@]1(O)C[C@@H](c2ccc(OC)cc2)[NH2+][C@H](c2ccc(OC)cc2)[C@@H]1C. The molecule has 3 N–H and O–H groups in total. The maximum atomic E-state index is 11.5. The number of piperidine rings is 1. The van der Waals surface area contributed by atoms with Crippen LogP contribution in [0, 0.1) is 5.92 Å². The first-order valence-electron chi connectivity index (χ1n) is 9.86. The van der Waals surface area contributed by atoms with Gasteiger partial charge in [0, 0.05) is 23.5 Å². The van der Waals surface area contributed by atoms with E-state index in [1.54, 1.807) is 14.2 Å². The topological polar surface area (TPSA) is 55.3 Å². The minimum Gasteiger partial charge on any atom is -0.497 e. The lowest BCUT2D eigenvalue weighted by Gasteiger charge is -2.45. The van der Waals surface area contributed by atoms with Gasteiger partial charge in [-0.3, -0.25) is 0 Å². The molecule has 146 valence electrons. The summed E-state index contributed by atoms with van der Waals surface area (Å²) in [5.41, 5.74) is 1.80. The Morgan fingerprint density at radius 1 is 0.963 bits per heavy atom. The third-order valence-electron chi connectivity index (χ3n) is 6.13. The van der Waals surface area contributed by atoms with Crippen LogP contribution in [0.1, 0.15) is 56.3 Å². The molecule has 4 nitrogen and oxygen atoms in total. The molecule has 1 saturated heterocycles. The molecule has 2 aromatic rings. The highest BCUT2D eigenvalue weighted by molar-refractivity contribution is 5.31. The van der Waals surface area contributed by atoms with Crippen LogP contribution < -0.4 is 14.8 Å². The summed E-state index contributed by atoms with van der Waals surface area (Å²) in [5, 5.41) is 14.0. The van der Waals surface area contributed by atoms with Gasteiger partial charge in [0.25, 0.3) is 0 Å². The molecule has 0 saturated carbocycles. The molecule has 1 aliphatic heterocycles. The van der Waals surface area contributed by atoms with Gasteiger partial charge in [0.15, 0.2) is 0 Å². The molecule has 1 heterocycles. The summed E-state index contributed by atoms with van der Waals surface area (Å²) in [4.78, 5) is 0. The van der Waals surface area contributed by atoms with Crippen molar-refractivity contribution in [3.8, 4) is 11.5 Å². The molecular weight excluding hydrogens is 338 g/mol. The lowest BCUT2D eigenvalue weighted by atomic mass is 9.70. The molecule has 0 bridgehead atoms. The van der Waals surface area contributed by atoms with Crippen molar-refractivity contribution in [1.29, 1.82) is 0 Å². The molecule has 0 spiro atoms. The maximum Gasteiger partial charge on any atom is 0.118 e. The van der Waals surface area contributed by atoms with Crippen LogP contribution in [0.15, 0.2) is 48.5 Å². The second-order valence-electron chi connectivity index (χ2n) is 7.72. The van der Waals surface area contributed by atoms with Crippen molar-refractivity contribution >= 4 is 0 Å². The number of rotatable bonds is 6. The molecule has 0 aliphatic carbocycles. The molecule has 27 heavy (non-hydrogen) atoms. The van der Waals surface area contributed by atoms with Crippen molar-refractivity contribution in [2.75, 3.05) is 14.2 Å². The molecule has 2 aromatic carbocycles. The Kier molecular flexibility index (Phi) is 6.08. The Morgan fingerprint density at radius 3 is 1.96 bits per heavy atom. The zero-order chi connectivity index (χ0) is 19.4. The second kappa shape index (κ2) is 8.32. The third-order valence-corrected chi connectivity index (χ3v) is 6.13. The molecule has 3 rings (SSSR count). The lowest BCUT2D eigenvalue weighted by Crippen LogP contribution is -2.91. The Balaban J connectivity index is 1.93. The fourth-order valence-electron chi connectivity index (χ4n) is 4.45. The first-order chi connectivity index (χ1) is 13.0. The minimum atomic E-state index is -0.668. The largest absolute Gasteiger partial charge is 0.497 e. The van der Waals surface area contributed by atoms with Crippen LogP contribution in [-0.2, 0) is 0 Å². The molecule has 1 aliphatic rings. The first kappa shape index (κ1) is 19.7. The van der Waals surface area contributed by atoms with Crippen molar-refractivity contribution in [3.05, 3.63) is 59.7 Å². The summed E-state index contributed by atoms with van der Waals surface area (Å²) < 4.78 is 10.6. The van der Waals surface area contributed by atoms with Crippen LogP contribution in [0.25, 0.3) is 0 Å². The number of benzene rings is 2. The van der Waals surface area contributed by atoms with E-state index < -0.39 is 5.60 Å². The Bertz CT molecular complexity index is 728. The highest BCUT2D eigenvalue weighted by Crippen LogP contribution is 2.41. The van der Waals surface area contributed by atoms with Gasteiger partial charge in [0.2, 0.25) is 0 Å². The van der Waals surface area contributed by atoms with E-state index in [0.29, 0.717) is 0 Å². The van der Waals surface area contributed by atoms with E-state index in [1.807, 2.05) is 24.3 Å². The summed E-state index contributed by atoms with van der Waals surface area (Å²) in [6, 6.07) is 16.9. The van der Waals surface area contributed by atoms with Crippen molar-refractivity contribution < 1.29 is 19.9 Å². The van der Waals surface area contributed by atoms with Gasteiger partial charge < -0.3 is 19.9 Å². The van der Waals surface area contributed by atoms with E-state index in [1.165, 1.54) is 11.1 Å². The number of quaternary nitrogens is 1. The van der Waals surface area contributed by atoms with E-state index in [-0.39, 0.29) is 18.0 Å². The van der Waals surface area contributed by atoms with Gasteiger partial charge in [-0.25, -0.2) is 0 Å². The van der Waals surface area contributed by atoms with E-state index in [9.17, 15) is 5.11 Å². The van der Waals surface area contributed by atoms with Crippen molar-refractivity contribution in [3.63, 3.8) is 0 Å². The Labute approximate surface area is 162 Å². The highest BCUT2D eigenvalue weighted by atomic mass is 16.5. The third kappa shape index (κ3) is 4.12. The van der Waals surface area contributed by atoms with Gasteiger partial charge in [0.05, 0.1) is 19.8 Å². The predicted molar refractivity (Wildman–Crippen MR) is 107 cm³/mol. The number of aliphatic hydroxyl groups is 1. The molecule has 0 radical (unpaired) electrons. The molecule has 4 heteroatoms. The summed E-state index contributed by atoms with van der Waals surface area (Å²) in [5.74, 6) is 1.89. The Hall–Kier alpha value is -2.04. The maximum absolute atomic E-state index is 11.5. The number of hydrogen-bond acceptors (Lipinski definition) is 3. The molecule has 4 atom stereocenters. The highest BCUT2D eigenvalue weighted by Gasteiger charge is 2.48. The zero-order valence-corrected chi connectivity index (χ0v) is 16.8. The summed E-state index contributed by atoms with van der Waals surface area (Å²) in [7, 11) is 3.37. The normalized spacial score (nSPS) is 28.0. The number of ether oxygens (including phenoxy) is 2. The second-order valence-corrected chi connectivity index (χ2v) is 7.72. The van der Waals surface area contributed by atoms with Gasteiger partial charge in [0.1, 0.15) is 23.6 Å². The monoisotopic (exact) mass is 370 g/mol. The van der Waals surface area contributed by atoms with Gasteiger partial charge in [-0.1, -0.05) is 20.3 Å². The van der Waals surface area contributed by atoms with E-state index >= 15 is 0 Å². The number of nitrogens with two attached hydrogens (primary N) is 1. The van der Waals surface area contributed by atoms with E-state index in [4.69, 9.17) is 9.47 Å². The molecule has 0 aromatic heterocycles. The van der Waals surface area contributed by atoms with Gasteiger partial charge >= 0.3 is 0 Å². The smallest absolute Gasteiger partial charge is 0.118 e. The summed E-state index contributed by atoms with van der Waals surface area (Å²) in [6.45, 7) is 4.33. The number of hydrogen-bond donors (Lipinski definition) is 2. The zero-order valence-electron chi connectivity index (χ0n) is 16.8. The predicted octanol–water partition coefficient (Wildman–Crippen LogP) is 3.62. The van der Waals surface area contributed by atoms with Crippen molar-refractivity contribution in [1.82, 2.24) is 0 Å². The van der Waals surface area contributed by atoms with Crippen molar-refractivity contribution in [2.45, 2.75) is 50.8 Å². The van der Waals surface area contributed by atoms with Gasteiger partial charge in [-0.15, -0.1) is 0 Å². The van der Waals surface area contributed by atoms with Crippen LogP contribution in [0.2, 0.25) is 0 Å². The van der Waals surface area contributed by atoms with Crippen LogP contribution in [0.5, 0.6) is 11.5 Å². The van der Waals surface area contributed by atoms with Crippen LogP contribution in [0.4, 0.5) is 0 Å². The quantitative estimate of drug-likeness (QED) is 0.817. The standard InChI is InChI=1S/C23H31NO3/c1-5-14-23(25)15-21(17-6-10-19(26-3)11-7-17)24-22(16(23)2)18-8-12-20(27-4)13-9-18/h6-13,16,21-22,24-25H,5,14-15H2,1-4H3/p+1/t16-,21-,22-,23-/m0/s1.